The molecule has 0 aromatic carbocycles. The van der Waals surface area contributed by atoms with Gasteiger partial charge < -0.3 is 15.7 Å². The topological polar surface area (TPSA) is 49.5 Å². The monoisotopic (exact) mass is 228 g/mol. The first-order chi connectivity index (χ1) is 7.59. The van der Waals surface area contributed by atoms with Crippen LogP contribution >= 0.6 is 0 Å². The van der Waals surface area contributed by atoms with Crippen molar-refractivity contribution in [1.29, 1.82) is 0 Å². The fourth-order valence-corrected chi connectivity index (χ4v) is 2.13. The third-order valence-corrected chi connectivity index (χ3v) is 3.42. The average molecular weight is 228 g/mol. The molecule has 1 unspecified atom stereocenters. The number of aliphatic hydroxyl groups is 1. The molecule has 0 spiro atoms. The molecule has 3 heteroatoms. The Morgan fingerprint density at radius 1 is 1.31 bits per heavy atom. The molecule has 3 nitrogen and oxygen atoms in total. The van der Waals surface area contributed by atoms with E-state index in [2.05, 4.69) is 11.8 Å². The van der Waals surface area contributed by atoms with Crippen molar-refractivity contribution in [3.63, 3.8) is 0 Å². The van der Waals surface area contributed by atoms with Crippen LogP contribution in [-0.4, -0.2) is 41.3 Å². The molecule has 1 fully saturated rings. The maximum absolute atomic E-state index is 9.77. The van der Waals surface area contributed by atoms with Crippen LogP contribution in [0.4, 0.5) is 0 Å². The lowest BCUT2D eigenvalue weighted by atomic mass is 9.99. The smallest absolute Gasteiger partial charge is 0.0741 e. The van der Waals surface area contributed by atoms with E-state index < -0.39 is 5.60 Å². The summed E-state index contributed by atoms with van der Waals surface area (Å²) in [4.78, 5) is 2.61. The lowest BCUT2D eigenvalue weighted by Crippen LogP contribution is -2.34. The van der Waals surface area contributed by atoms with Gasteiger partial charge in [0.1, 0.15) is 0 Å². The van der Waals surface area contributed by atoms with Crippen LogP contribution < -0.4 is 5.73 Å². The van der Waals surface area contributed by atoms with Crippen LogP contribution in [0.5, 0.6) is 0 Å². The minimum atomic E-state index is -0.658. The highest BCUT2D eigenvalue weighted by Gasteiger charge is 2.27. The Balaban J connectivity index is 2.08. The van der Waals surface area contributed by atoms with Gasteiger partial charge >= 0.3 is 0 Å². The van der Waals surface area contributed by atoms with Gasteiger partial charge in [-0.2, -0.15) is 0 Å². The molecule has 0 saturated heterocycles. The summed E-state index contributed by atoms with van der Waals surface area (Å²) in [6.07, 6.45) is 7.12. The number of hydrogen-bond acceptors (Lipinski definition) is 3. The van der Waals surface area contributed by atoms with Gasteiger partial charge in [0.25, 0.3) is 0 Å². The van der Waals surface area contributed by atoms with E-state index in [1.54, 1.807) is 0 Å². The predicted molar refractivity (Wildman–Crippen MR) is 68.4 cm³/mol. The molecule has 1 atom stereocenters. The van der Waals surface area contributed by atoms with Crippen LogP contribution in [0.2, 0.25) is 0 Å². The average Bonchev–Trinajstić information content (AvgIpc) is 3.06. The number of unbranched alkanes of at least 4 members (excludes halogenated alkanes) is 1. The van der Waals surface area contributed by atoms with Crippen LogP contribution in [-0.2, 0) is 0 Å². The summed E-state index contributed by atoms with van der Waals surface area (Å²) in [5.74, 6) is 0. The first-order valence-electron chi connectivity index (χ1n) is 6.75. The third-order valence-electron chi connectivity index (χ3n) is 3.42. The van der Waals surface area contributed by atoms with Gasteiger partial charge in [0.15, 0.2) is 0 Å². The number of hydrogen-bond donors (Lipinski definition) is 2. The zero-order valence-electron chi connectivity index (χ0n) is 10.9. The second-order valence-corrected chi connectivity index (χ2v) is 5.43. The van der Waals surface area contributed by atoms with Crippen molar-refractivity contribution in [1.82, 2.24) is 4.90 Å². The van der Waals surface area contributed by atoms with Gasteiger partial charge in [0.05, 0.1) is 5.60 Å². The first-order valence-corrected chi connectivity index (χ1v) is 6.75. The summed E-state index contributed by atoms with van der Waals surface area (Å²) in [6.45, 7) is 6.87. The second-order valence-electron chi connectivity index (χ2n) is 5.43. The Hall–Kier alpha value is -0.120. The minimum Gasteiger partial charge on any atom is -0.389 e. The number of nitrogens with two attached hydrogens (primary N) is 1. The van der Waals surface area contributed by atoms with Gasteiger partial charge in [0.2, 0.25) is 0 Å². The normalized spacial score (nSPS) is 20.1. The van der Waals surface area contributed by atoms with E-state index in [4.69, 9.17) is 5.73 Å². The molecule has 0 bridgehead atoms. The second kappa shape index (κ2) is 6.58. The van der Waals surface area contributed by atoms with Crippen LogP contribution in [0.1, 0.15) is 52.4 Å². The standard InChI is InChI=1S/C13H28N2O/c1-3-9-15(12-6-7-12)10-5-4-8-13(2,16)11-14/h12,16H,3-11,14H2,1-2H3. The number of rotatable bonds is 9. The highest BCUT2D eigenvalue weighted by molar-refractivity contribution is 4.84. The predicted octanol–water partition coefficient (Wildman–Crippen LogP) is 1.74. The maximum Gasteiger partial charge on any atom is 0.0741 e. The molecule has 0 heterocycles. The SMILES string of the molecule is CCCN(CCCCC(C)(O)CN)C1CC1. The van der Waals surface area contributed by atoms with E-state index in [-0.39, 0.29) is 0 Å². The molecule has 0 radical (unpaired) electrons. The van der Waals surface area contributed by atoms with Gasteiger partial charge in [-0.15, -0.1) is 0 Å². The van der Waals surface area contributed by atoms with Gasteiger partial charge in [-0.05, 0) is 58.5 Å². The van der Waals surface area contributed by atoms with Crippen LogP contribution in [0.15, 0.2) is 0 Å². The fraction of sp³-hybridized carbons (Fsp3) is 1.00. The van der Waals surface area contributed by atoms with E-state index in [0.717, 1.165) is 18.9 Å². The molecule has 0 aliphatic heterocycles. The van der Waals surface area contributed by atoms with Crippen molar-refractivity contribution < 1.29 is 5.11 Å². The van der Waals surface area contributed by atoms with Crippen molar-refractivity contribution in [3.05, 3.63) is 0 Å². The van der Waals surface area contributed by atoms with E-state index >= 15 is 0 Å². The molecule has 96 valence electrons. The van der Waals surface area contributed by atoms with Crippen molar-refractivity contribution in [2.75, 3.05) is 19.6 Å². The molecule has 1 rings (SSSR count). The quantitative estimate of drug-likeness (QED) is 0.591. The van der Waals surface area contributed by atoms with Crippen molar-refractivity contribution in [3.8, 4) is 0 Å². The lowest BCUT2D eigenvalue weighted by molar-refractivity contribution is 0.0563. The van der Waals surface area contributed by atoms with Crippen LogP contribution in [0.3, 0.4) is 0 Å². The fourth-order valence-electron chi connectivity index (χ4n) is 2.13. The summed E-state index contributed by atoms with van der Waals surface area (Å²) in [6, 6.07) is 0.870. The van der Waals surface area contributed by atoms with E-state index in [0.29, 0.717) is 6.54 Å². The van der Waals surface area contributed by atoms with Gasteiger partial charge in [-0.1, -0.05) is 6.92 Å². The van der Waals surface area contributed by atoms with E-state index in [1.165, 1.54) is 38.8 Å². The Morgan fingerprint density at radius 2 is 2.00 bits per heavy atom. The van der Waals surface area contributed by atoms with Crippen LogP contribution in [0, 0.1) is 0 Å². The van der Waals surface area contributed by atoms with Crippen molar-refractivity contribution >= 4 is 0 Å². The van der Waals surface area contributed by atoms with Gasteiger partial charge in [0, 0.05) is 12.6 Å². The molecule has 0 aromatic rings. The molecular weight excluding hydrogens is 200 g/mol. The first kappa shape index (κ1) is 13.9. The van der Waals surface area contributed by atoms with Crippen molar-refractivity contribution in [2.45, 2.75) is 64.0 Å². The van der Waals surface area contributed by atoms with Gasteiger partial charge in [-0.25, -0.2) is 0 Å². The molecule has 0 amide bonds. The summed E-state index contributed by atoms with van der Waals surface area (Å²) >= 11 is 0. The Morgan fingerprint density at radius 3 is 2.50 bits per heavy atom. The third kappa shape index (κ3) is 5.28. The molecule has 0 aromatic heterocycles. The Kier molecular flexibility index (Phi) is 5.73. The molecule has 3 N–H and O–H groups in total. The molecule has 16 heavy (non-hydrogen) atoms. The summed E-state index contributed by atoms with van der Waals surface area (Å²) in [5, 5.41) is 9.77. The molecule has 1 saturated carbocycles. The summed E-state index contributed by atoms with van der Waals surface area (Å²) in [5.41, 5.74) is 4.84. The lowest BCUT2D eigenvalue weighted by Gasteiger charge is -2.23. The zero-order chi connectivity index (χ0) is 12.0. The molecule has 1 aliphatic carbocycles. The molecular formula is C13H28N2O. The van der Waals surface area contributed by atoms with Crippen molar-refractivity contribution in [2.24, 2.45) is 5.73 Å². The van der Waals surface area contributed by atoms with Gasteiger partial charge in [-0.3, -0.25) is 0 Å². The Labute approximate surface area is 100 Å². The Bertz CT molecular complexity index is 190. The van der Waals surface area contributed by atoms with Crippen LogP contribution in [0.25, 0.3) is 0 Å². The minimum absolute atomic E-state index is 0.369. The largest absolute Gasteiger partial charge is 0.389 e. The van der Waals surface area contributed by atoms with E-state index in [9.17, 15) is 5.11 Å². The van der Waals surface area contributed by atoms with E-state index in [1.807, 2.05) is 6.92 Å². The highest BCUT2D eigenvalue weighted by atomic mass is 16.3. The summed E-state index contributed by atoms with van der Waals surface area (Å²) in [7, 11) is 0. The maximum atomic E-state index is 9.77. The highest BCUT2D eigenvalue weighted by Crippen LogP contribution is 2.27. The zero-order valence-corrected chi connectivity index (χ0v) is 10.9. The molecule has 1 aliphatic rings. The summed E-state index contributed by atoms with van der Waals surface area (Å²) < 4.78 is 0. The number of nitrogens with zero attached hydrogens (tertiary/aromatic N) is 1.